The van der Waals surface area contributed by atoms with Crippen LogP contribution in [-0.2, 0) is 11.3 Å². The van der Waals surface area contributed by atoms with E-state index in [1.54, 1.807) is 12.1 Å². The van der Waals surface area contributed by atoms with Crippen LogP contribution in [0.25, 0.3) is 10.2 Å². The van der Waals surface area contributed by atoms with Crippen molar-refractivity contribution >= 4 is 32.6 Å². The van der Waals surface area contributed by atoms with Crippen molar-refractivity contribution in [1.29, 1.82) is 0 Å². The molecule has 1 aliphatic heterocycles. The lowest BCUT2D eigenvalue weighted by Crippen LogP contribution is -2.40. The Balaban J connectivity index is 1.33. The molecule has 1 aromatic heterocycles. The highest BCUT2D eigenvalue weighted by atomic mass is 32.1. The normalized spacial score (nSPS) is 15.3. The lowest BCUT2D eigenvalue weighted by atomic mass is 9.96. The van der Waals surface area contributed by atoms with Crippen molar-refractivity contribution in [2.24, 2.45) is 5.92 Å². The molecule has 0 spiro atoms. The van der Waals surface area contributed by atoms with Crippen LogP contribution < -0.4 is 15.0 Å². The van der Waals surface area contributed by atoms with Gasteiger partial charge in [-0.2, -0.15) is 0 Å². The quantitative estimate of drug-likeness (QED) is 0.561. The Bertz CT molecular complexity index is 1080. The molecule has 10 heteroatoms. The van der Waals surface area contributed by atoms with Crippen molar-refractivity contribution in [3.63, 3.8) is 0 Å². The molecule has 0 atom stereocenters. The molecule has 2 heterocycles. The van der Waals surface area contributed by atoms with Crippen LogP contribution in [0, 0.1) is 11.7 Å². The van der Waals surface area contributed by atoms with E-state index in [2.05, 4.69) is 15.0 Å². The molecule has 0 unspecified atom stereocenters. The molecule has 1 aliphatic rings. The van der Waals surface area contributed by atoms with Crippen molar-refractivity contribution in [2.75, 3.05) is 18.0 Å². The second-order valence-corrected chi connectivity index (χ2v) is 8.23. The zero-order valence-corrected chi connectivity index (χ0v) is 17.1. The molecule has 1 amide bonds. The number of aromatic nitrogens is 1. The number of nitrogens with zero attached hydrogens (tertiary/aromatic N) is 2. The Labute approximate surface area is 179 Å². The molecule has 0 radical (unpaired) electrons. The monoisotopic (exact) mass is 453 g/mol. The van der Waals surface area contributed by atoms with Gasteiger partial charge in [0.25, 0.3) is 0 Å². The average Bonchev–Trinajstić information content (AvgIpc) is 3.18. The fraction of sp³-hybridized carbons (Fsp3) is 0.333. The number of rotatable bonds is 5. The van der Waals surface area contributed by atoms with E-state index in [0.717, 1.165) is 9.83 Å². The summed E-state index contributed by atoms with van der Waals surface area (Å²) < 4.78 is 56.3. The summed E-state index contributed by atoms with van der Waals surface area (Å²) in [5, 5.41) is 3.43. The van der Waals surface area contributed by atoms with E-state index in [-0.39, 0.29) is 35.5 Å². The van der Waals surface area contributed by atoms with Gasteiger partial charge in [-0.1, -0.05) is 35.6 Å². The third kappa shape index (κ3) is 5.07. The van der Waals surface area contributed by atoms with E-state index in [1.807, 2.05) is 11.0 Å². The van der Waals surface area contributed by atoms with Gasteiger partial charge in [-0.25, -0.2) is 9.37 Å². The Morgan fingerprint density at radius 2 is 1.90 bits per heavy atom. The van der Waals surface area contributed by atoms with Gasteiger partial charge in [0.05, 0.1) is 4.70 Å². The van der Waals surface area contributed by atoms with Crippen LogP contribution in [0.2, 0.25) is 0 Å². The molecule has 3 aromatic rings. The van der Waals surface area contributed by atoms with Gasteiger partial charge in [0.1, 0.15) is 17.1 Å². The molecule has 0 saturated carbocycles. The number of carbonyl (C=O) groups is 1. The SMILES string of the molecule is O=C(NCc1ccccc1OC(F)(F)F)C1CCN(c2nc3c(F)cccc3s2)CC1. The largest absolute Gasteiger partial charge is 0.573 e. The van der Waals surface area contributed by atoms with E-state index in [0.29, 0.717) is 31.4 Å². The molecular weight excluding hydrogens is 434 g/mol. The van der Waals surface area contributed by atoms with Crippen LogP contribution >= 0.6 is 11.3 Å². The fourth-order valence-electron chi connectivity index (χ4n) is 3.57. The van der Waals surface area contributed by atoms with Gasteiger partial charge in [-0.05, 0) is 31.0 Å². The second-order valence-electron chi connectivity index (χ2n) is 7.22. The summed E-state index contributed by atoms with van der Waals surface area (Å²) in [4.78, 5) is 19.0. The number of ether oxygens (including phenoxy) is 1. The number of thiazole rings is 1. The zero-order valence-electron chi connectivity index (χ0n) is 16.3. The molecule has 1 saturated heterocycles. The Hall–Kier alpha value is -2.88. The molecule has 164 valence electrons. The summed E-state index contributed by atoms with van der Waals surface area (Å²) in [5.41, 5.74) is 0.601. The maximum Gasteiger partial charge on any atom is 0.573 e. The predicted molar refractivity (Wildman–Crippen MR) is 109 cm³/mol. The molecule has 0 aliphatic carbocycles. The highest BCUT2D eigenvalue weighted by molar-refractivity contribution is 7.22. The number of benzene rings is 2. The van der Waals surface area contributed by atoms with Crippen LogP contribution in [0.4, 0.5) is 22.7 Å². The topological polar surface area (TPSA) is 54.5 Å². The Morgan fingerprint density at radius 1 is 1.16 bits per heavy atom. The van der Waals surface area contributed by atoms with Gasteiger partial charge < -0.3 is 15.0 Å². The van der Waals surface area contributed by atoms with Crippen LogP contribution in [0.3, 0.4) is 0 Å². The standard InChI is InChI=1S/C21H19F4N3O2S/c22-15-5-3-7-17-18(15)27-20(31-17)28-10-8-13(9-11-28)19(29)26-12-14-4-1-2-6-16(14)30-21(23,24)25/h1-7,13H,8-12H2,(H,26,29). The van der Waals surface area contributed by atoms with Crippen LogP contribution in [0.5, 0.6) is 5.75 Å². The molecular formula is C21H19F4N3O2S. The summed E-state index contributed by atoms with van der Waals surface area (Å²) in [6, 6.07) is 10.6. The maximum atomic E-state index is 13.9. The van der Waals surface area contributed by atoms with E-state index >= 15 is 0 Å². The highest BCUT2D eigenvalue weighted by Crippen LogP contribution is 2.32. The highest BCUT2D eigenvalue weighted by Gasteiger charge is 2.32. The average molecular weight is 453 g/mol. The van der Waals surface area contributed by atoms with Crippen molar-refractivity contribution in [3.8, 4) is 5.75 Å². The number of carbonyl (C=O) groups excluding carboxylic acids is 1. The third-order valence-electron chi connectivity index (χ3n) is 5.15. The minimum Gasteiger partial charge on any atom is -0.405 e. The second kappa shape index (κ2) is 8.70. The van der Waals surface area contributed by atoms with Crippen molar-refractivity contribution in [3.05, 3.63) is 53.8 Å². The number of piperidine rings is 1. The minimum atomic E-state index is -4.80. The minimum absolute atomic E-state index is 0.0531. The van der Waals surface area contributed by atoms with Crippen LogP contribution in [0.1, 0.15) is 18.4 Å². The number of hydrogen-bond donors (Lipinski definition) is 1. The number of halogens is 4. The first kappa shape index (κ1) is 21.4. The summed E-state index contributed by atoms with van der Waals surface area (Å²) in [6.45, 7) is 1.13. The number of anilines is 1. The van der Waals surface area contributed by atoms with Gasteiger partial charge in [-0.3, -0.25) is 4.79 Å². The van der Waals surface area contributed by atoms with Gasteiger partial charge in [0.2, 0.25) is 5.91 Å². The predicted octanol–water partition coefficient (Wildman–Crippen LogP) is 4.87. The Kier molecular flexibility index (Phi) is 5.99. The summed E-state index contributed by atoms with van der Waals surface area (Å²) in [5.74, 6) is -1.15. The van der Waals surface area contributed by atoms with Gasteiger partial charge in [-0.15, -0.1) is 13.2 Å². The first-order chi connectivity index (χ1) is 14.8. The van der Waals surface area contributed by atoms with Crippen molar-refractivity contribution < 1.29 is 27.1 Å². The van der Waals surface area contributed by atoms with Gasteiger partial charge in [0, 0.05) is 31.1 Å². The number of fused-ring (bicyclic) bond motifs is 1. The maximum absolute atomic E-state index is 13.9. The molecule has 0 bridgehead atoms. The van der Waals surface area contributed by atoms with Gasteiger partial charge in [0.15, 0.2) is 5.13 Å². The number of para-hydroxylation sites is 2. The first-order valence-electron chi connectivity index (χ1n) is 9.71. The smallest absolute Gasteiger partial charge is 0.405 e. The summed E-state index contributed by atoms with van der Waals surface area (Å²) in [7, 11) is 0. The van der Waals surface area contributed by atoms with E-state index in [4.69, 9.17) is 0 Å². The fourth-order valence-corrected chi connectivity index (χ4v) is 4.60. The molecule has 1 fully saturated rings. The Morgan fingerprint density at radius 3 is 2.61 bits per heavy atom. The lowest BCUT2D eigenvalue weighted by molar-refractivity contribution is -0.274. The van der Waals surface area contributed by atoms with E-state index in [9.17, 15) is 22.4 Å². The summed E-state index contributed by atoms with van der Waals surface area (Å²) >= 11 is 1.41. The van der Waals surface area contributed by atoms with E-state index < -0.39 is 6.36 Å². The number of amides is 1. The molecule has 2 aromatic carbocycles. The lowest BCUT2D eigenvalue weighted by Gasteiger charge is -2.31. The molecule has 31 heavy (non-hydrogen) atoms. The molecule has 1 N–H and O–H groups in total. The van der Waals surface area contributed by atoms with Crippen LogP contribution in [0.15, 0.2) is 42.5 Å². The zero-order chi connectivity index (χ0) is 22.0. The number of nitrogens with one attached hydrogen (secondary N) is 1. The van der Waals surface area contributed by atoms with E-state index in [1.165, 1.54) is 35.6 Å². The molecule has 4 rings (SSSR count). The first-order valence-corrected chi connectivity index (χ1v) is 10.5. The number of hydrogen-bond acceptors (Lipinski definition) is 5. The van der Waals surface area contributed by atoms with Crippen LogP contribution in [-0.4, -0.2) is 30.3 Å². The van der Waals surface area contributed by atoms with Crippen molar-refractivity contribution in [2.45, 2.75) is 25.7 Å². The van der Waals surface area contributed by atoms with Crippen molar-refractivity contribution in [1.82, 2.24) is 10.3 Å². The number of alkyl halides is 3. The van der Waals surface area contributed by atoms with Gasteiger partial charge >= 0.3 is 6.36 Å². The molecule has 5 nitrogen and oxygen atoms in total. The third-order valence-corrected chi connectivity index (χ3v) is 6.23. The summed E-state index contributed by atoms with van der Waals surface area (Å²) in [6.07, 6.45) is -3.65.